The minimum Gasteiger partial charge on any atom is -0.334 e. The van der Waals surface area contributed by atoms with Crippen LogP contribution in [0.3, 0.4) is 0 Å². The number of carbonyl (C=O) groups is 2. The van der Waals surface area contributed by atoms with E-state index in [2.05, 4.69) is 0 Å². The molecule has 0 radical (unpaired) electrons. The first-order valence-corrected chi connectivity index (χ1v) is 5.91. The van der Waals surface area contributed by atoms with Gasteiger partial charge in [-0.3, -0.25) is 9.59 Å². The molecule has 3 nitrogen and oxygen atoms in total. The molecule has 2 heterocycles. The number of carbonyl (C=O) groups excluding carboxylic acids is 2. The molecule has 15 heavy (non-hydrogen) atoms. The normalized spacial score (nSPS) is 19.4. The van der Waals surface area contributed by atoms with Crippen molar-refractivity contribution in [1.82, 2.24) is 4.90 Å². The molecule has 1 aliphatic heterocycles. The van der Waals surface area contributed by atoms with E-state index in [0.29, 0.717) is 13.0 Å². The Kier molecular flexibility index (Phi) is 2.86. The quantitative estimate of drug-likeness (QED) is 0.719. The summed E-state index contributed by atoms with van der Waals surface area (Å²) < 4.78 is 0. The van der Waals surface area contributed by atoms with E-state index in [1.54, 1.807) is 16.2 Å². The lowest BCUT2D eigenvalue weighted by atomic mass is 10.1. The van der Waals surface area contributed by atoms with Gasteiger partial charge in [-0.05, 0) is 18.4 Å². The van der Waals surface area contributed by atoms with Gasteiger partial charge in [-0.25, -0.2) is 0 Å². The minimum atomic E-state index is -0.0350. The number of likely N-dealkylation sites (tertiary alicyclic amines) is 1. The Morgan fingerprint density at radius 2 is 2.27 bits per heavy atom. The highest BCUT2D eigenvalue weighted by atomic mass is 32.1. The summed E-state index contributed by atoms with van der Waals surface area (Å²) in [5, 5.41) is 2.01. The Hall–Kier alpha value is -1.16. The SMILES string of the molecule is CC(c1cccs1)N1CCC(=O)CC1=O. The molecule has 1 unspecified atom stereocenters. The number of Topliss-reactive ketones (excluding diaryl/α,β-unsaturated/α-hetero) is 1. The molecule has 4 heteroatoms. The number of hydrogen-bond acceptors (Lipinski definition) is 3. The second-order valence-corrected chi connectivity index (χ2v) is 4.72. The molecule has 1 aromatic rings. The largest absolute Gasteiger partial charge is 0.334 e. The first-order chi connectivity index (χ1) is 7.18. The lowest BCUT2D eigenvalue weighted by Gasteiger charge is -2.31. The summed E-state index contributed by atoms with van der Waals surface area (Å²) in [5.41, 5.74) is 0. The van der Waals surface area contributed by atoms with Crippen LogP contribution in [0.1, 0.15) is 30.7 Å². The third kappa shape index (κ3) is 2.09. The monoisotopic (exact) mass is 223 g/mol. The molecule has 1 aliphatic rings. The fourth-order valence-corrected chi connectivity index (χ4v) is 2.62. The molecule has 0 N–H and O–H groups in total. The maximum atomic E-state index is 11.7. The summed E-state index contributed by atoms with van der Waals surface area (Å²) in [6.07, 6.45) is 0.581. The van der Waals surface area contributed by atoms with Crippen LogP contribution < -0.4 is 0 Å². The van der Waals surface area contributed by atoms with Crippen molar-refractivity contribution in [1.29, 1.82) is 0 Å². The van der Waals surface area contributed by atoms with Gasteiger partial charge >= 0.3 is 0 Å². The molecule has 0 saturated carbocycles. The fourth-order valence-electron chi connectivity index (χ4n) is 1.82. The topological polar surface area (TPSA) is 37.4 Å². The highest BCUT2D eigenvalue weighted by Gasteiger charge is 2.28. The summed E-state index contributed by atoms with van der Waals surface area (Å²) >= 11 is 1.65. The average Bonchev–Trinajstić information content (AvgIpc) is 2.69. The molecular weight excluding hydrogens is 210 g/mol. The Morgan fingerprint density at radius 3 is 2.87 bits per heavy atom. The minimum absolute atomic E-state index is 0.0350. The van der Waals surface area contributed by atoms with Gasteiger partial charge in [0, 0.05) is 17.8 Å². The molecule has 0 bridgehead atoms. The van der Waals surface area contributed by atoms with Crippen molar-refractivity contribution in [3.05, 3.63) is 22.4 Å². The Bertz CT molecular complexity index is 372. The van der Waals surface area contributed by atoms with Crippen LogP contribution in [0, 0.1) is 0 Å². The van der Waals surface area contributed by atoms with Gasteiger partial charge in [-0.2, -0.15) is 0 Å². The zero-order valence-corrected chi connectivity index (χ0v) is 9.42. The fraction of sp³-hybridized carbons (Fsp3) is 0.455. The number of rotatable bonds is 2. The van der Waals surface area contributed by atoms with E-state index in [0.717, 1.165) is 0 Å². The molecule has 0 aliphatic carbocycles. The Balaban J connectivity index is 2.11. The molecule has 80 valence electrons. The highest BCUT2D eigenvalue weighted by Crippen LogP contribution is 2.26. The van der Waals surface area contributed by atoms with Crippen LogP contribution in [0.15, 0.2) is 17.5 Å². The van der Waals surface area contributed by atoms with Crippen molar-refractivity contribution in [3.8, 4) is 0 Å². The molecule has 0 spiro atoms. The summed E-state index contributed by atoms with van der Waals surface area (Å²) in [5.74, 6) is 0.0294. The molecule has 1 amide bonds. The van der Waals surface area contributed by atoms with Gasteiger partial charge in [0.15, 0.2) is 0 Å². The maximum absolute atomic E-state index is 11.7. The van der Waals surface area contributed by atoms with E-state index in [1.165, 1.54) is 4.88 Å². The lowest BCUT2D eigenvalue weighted by Crippen LogP contribution is -2.40. The van der Waals surface area contributed by atoms with Gasteiger partial charge in [0.25, 0.3) is 0 Å². The predicted molar refractivity (Wildman–Crippen MR) is 58.7 cm³/mol. The van der Waals surface area contributed by atoms with Gasteiger partial charge in [-0.1, -0.05) is 6.07 Å². The standard InChI is InChI=1S/C11H13NO2S/c1-8(10-3-2-6-15-10)12-5-4-9(13)7-11(12)14/h2-3,6,8H,4-5,7H2,1H3. The van der Waals surface area contributed by atoms with Gasteiger partial charge < -0.3 is 4.90 Å². The summed E-state index contributed by atoms with van der Waals surface area (Å²) in [7, 11) is 0. The lowest BCUT2D eigenvalue weighted by molar-refractivity contribution is -0.141. The van der Waals surface area contributed by atoms with Crippen molar-refractivity contribution in [2.75, 3.05) is 6.54 Å². The van der Waals surface area contributed by atoms with Crippen LogP contribution in [0.4, 0.5) is 0 Å². The number of ketones is 1. The van der Waals surface area contributed by atoms with Crippen molar-refractivity contribution in [2.45, 2.75) is 25.8 Å². The third-order valence-electron chi connectivity index (χ3n) is 2.72. The summed E-state index contributed by atoms with van der Waals surface area (Å²) in [6.45, 7) is 2.58. The molecule has 1 saturated heterocycles. The van der Waals surface area contributed by atoms with E-state index in [1.807, 2.05) is 24.4 Å². The van der Waals surface area contributed by atoms with Gasteiger partial charge in [0.05, 0.1) is 12.5 Å². The van der Waals surface area contributed by atoms with Crippen LogP contribution in [0.25, 0.3) is 0 Å². The summed E-state index contributed by atoms with van der Waals surface area (Å²) in [6, 6.07) is 4.11. The van der Waals surface area contributed by atoms with Crippen molar-refractivity contribution in [2.24, 2.45) is 0 Å². The predicted octanol–water partition coefficient (Wildman–Crippen LogP) is 2.00. The van der Waals surface area contributed by atoms with Crippen molar-refractivity contribution >= 4 is 23.0 Å². The van der Waals surface area contributed by atoms with E-state index >= 15 is 0 Å². The molecule has 2 rings (SSSR count). The van der Waals surface area contributed by atoms with Gasteiger partial charge in [0.2, 0.25) is 5.91 Å². The van der Waals surface area contributed by atoms with E-state index in [9.17, 15) is 9.59 Å². The highest BCUT2D eigenvalue weighted by molar-refractivity contribution is 7.10. The Morgan fingerprint density at radius 1 is 1.47 bits per heavy atom. The van der Waals surface area contributed by atoms with E-state index in [-0.39, 0.29) is 24.2 Å². The second kappa shape index (κ2) is 4.14. The maximum Gasteiger partial charge on any atom is 0.230 e. The van der Waals surface area contributed by atoms with Gasteiger partial charge in [-0.15, -0.1) is 11.3 Å². The van der Waals surface area contributed by atoms with Crippen LogP contribution in [-0.2, 0) is 9.59 Å². The zero-order chi connectivity index (χ0) is 10.8. The average molecular weight is 223 g/mol. The Labute approximate surface area is 92.7 Å². The van der Waals surface area contributed by atoms with Crippen LogP contribution in [0.5, 0.6) is 0 Å². The van der Waals surface area contributed by atoms with Crippen LogP contribution >= 0.6 is 11.3 Å². The zero-order valence-electron chi connectivity index (χ0n) is 8.60. The first kappa shape index (κ1) is 10.4. The van der Waals surface area contributed by atoms with E-state index in [4.69, 9.17) is 0 Å². The number of piperidine rings is 1. The van der Waals surface area contributed by atoms with E-state index < -0.39 is 0 Å². The van der Waals surface area contributed by atoms with Crippen LogP contribution in [0.2, 0.25) is 0 Å². The molecule has 1 atom stereocenters. The molecule has 0 aromatic carbocycles. The number of hydrogen-bond donors (Lipinski definition) is 0. The molecular formula is C11H13NO2S. The molecule has 1 aromatic heterocycles. The summed E-state index contributed by atoms with van der Waals surface area (Å²) in [4.78, 5) is 25.7. The number of thiophene rings is 1. The molecule has 1 fully saturated rings. The van der Waals surface area contributed by atoms with Crippen molar-refractivity contribution < 1.29 is 9.59 Å². The van der Waals surface area contributed by atoms with Gasteiger partial charge in [0.1, 0.15) is 5.78 Å². The third-order valence-corrected chi connectivity index (χ3v) is 3.77. The number of amides is 1. The van der Waals surface area contributed by atoms with Crippen LogP contribution in [-0.4, -0.2) is 23.1 Å². The van der Waals surface area contributed by atoms with Crippen molar-refractivity contribution in [3.63, 3.8) is 0 Å². The first-order valence-electron chi connectivity index (χ1n) is 5.03. The number of nitrogens with zero attached hydrogens (tertiary/aromatic N) is 1. The smallest absolute Gasteiger partial charge is 0.230 e. The second-order valence-electron chi connectivity index (χ2n) is 3.74.